The van der Waals surface area contributed by atoms with Crippen molar-refractivity contribution in [3.63, 3.8) is 0 Å². The van der Waals surface area contributed by atoms with Gasteiger partial charge in [0.25, 0.3) is 0 Å². The number of aromatic nitrogens is 1. The predicted molar refractivity (Wildman–Crippen MR) is 91.2 cm³/mol. The highest BCUT2D eigenvalue weighted by molar-refractivity contribution is 7.99. The average Bonchev–Trinajstić information content (AvgIpc) is 3.06. The summed E-state index contributed by atoms with van der Waals surface area (Å²) in [4.78, 5) is 19.0. The number of carbonyl (C=O) groups excluding carboxylic acids is 1. The van der Waals surface area contributed by atoms with Crippen LogP contribution in [0.1, 0.15) is 38.5 Å². The molecule has 3 rings (SSSR count). The molecule has 5 heteroatoms. The van der Waals surface area contributed by atoms with Crippen LogP contribution in [0.15, 0.2) is 23.4 Å². The minimum atomic E-state index is 0.162. The van der Waals surface area contributed by atoms with Gasteiger partial charge >= 0.3 is 0 Å². The minimum absolute atomic E-state index is 0.162. The number of nitrogens with one attached hydrogen (secondary N) is 1. The molecule has 1 aromatic heterocycles. The van der Waals surface area contributed by atoms with Gasteiger partial charge in [-0.3, -0.25) is 4.79 Å². The molecule has 1 saturated carbocycles. The number of likely N-dealkylation sites (tertiary alicyclic amines) is 1. The van der Waals surface area contributed by atoms with Crippen molar-refractivity contribution in [2.75, 3.05) is 25.5 Å². The monoisotopic (exact) mass is 319 g/mol. The molecule has 1 aromatic rings. The lowest BCUT2D eigenvalue weighted by atomic mass is 10.1. The second-order valence-electron chi connectivity index (χ2n) is 6.48. The summed E-state index contributed by atoms with van der Waals surface area (Å²) in [5.41, 5.74) is 0.824. The van der Waals surface area contributed by atoms with E-state index in [4.69, 9.17) is 0 Å². The molecule has 120 valence electrons. The van der Waals surface area contributed by atoms with E-state index in [-0.39, 0.29) is 11.8 Å². The van der Waals surface area contributed by atoms with E-state index in [1.807, 2.05) is 23.9 Å². The van der Waals surface area contributed by atoms with Gasteiger partial charge in [-0.15, -0.1) is 11.8 Å². The summed E-state index contributed by atoms with van der Waals surface area (Å²) in [7, 11) is 2.18. The number of hydrogen-bond acceptors (Lipinski definition) is 4. The summed E-state index contributed by atoms with van der Waals surface area (Å²) < 4.78 is 0. The van der Waals surface area contributed by atoms with Crippen molar-refractivity contribution in [1.29, 1.82) is 0 Å². The standard InChI is InChI=1S/C17H25N3OS/c1-20-10-8-15(9-11-20)22-16-7-6-14(12-18-16)19-17(21)13-4-2-3-5-13/h6-7,12-13,15H,2-5,8-11H2,1H3,(H,19,21). The molecule has 0 atom stereocenters. The molecule has 1 aliphatic carbocycles. The fourth-order valence-electron chi connectivity index (χ4n) is 3.23. The third-order valence-electron chi connectivity index (χ3n) is 4.68. The van der Waals surface area contributed by atoms with Gasteiger partial charge in [-0.05, 0) is 58.0 Å². The molecule has 1 saturated heterocycles. The first kappa shape index (κ1) is 15.8. The molecule has 4 nitrogen and oxygen atoms in total. The van der Waals surface area contributed by atoms with Crippen LogP contribution in [0.2, 0.25) is 0 Å². The van der Waals surface area contributed by atoms with Crippen molar-refractivity contribution in [3.05, 3.63) is 18.3 Å². The zero-order valence-electron chi connectivity index (χ0n) is 13.3. The van der Waals surface area contributed by atoms with Gasteiger partial charge in [-0.1, -0.05) is 12.8 Å². The zero-order valence-corrected chi connectivity index (χ0v) is 14.1. The van der Waals surface area contributed by atoms with Crippen LogP contribution in [-0.2, 0) is 4.79 Å². The summed E-state index contributed by atoms with van der Waals surface area (Å²) in [6.07, 6.45) is 8.67. The third-order valence-corrected chi connectivity index (χ3v) is 5.97. The summed E-state index contributed by atoms with van der Waals surface area (Å²) in [6.45, 7) is 2.35. The molecule has 1 aliphatic heterocycles. The van der Waals surface area contributed by atoms with E-state index in [2.05, 4.69) is 22.2 Å². The Labute approximate surface area is 137 Å². The largest absolute Gasteiger partial charge is 0.324 e. The van der Waals surface area contributed by atoms with Crippen LogP contribution >= 0.6 is 11.8 Å². The molecule has 0 unspecified atom stereocenters. The van der Waals surface area contributed by atoms with Crippen molar-refractivity contribution in [1.82, 2.24) is 9.88 Å². The van der Waals surface area contributed by atoms with Crippen molar-refractivity contribution in [2.24, 2.45) is 5.92 Å². The van der Waals surface area contributed by atoms with E-state index in [1.54, 1.807) is 6.20 Å². The van der Waals surface area contributed by atoms with Gasteiger partial charge in [-0.25, -0.2) is 4.98 Å². The van der Waals surface area contributed by atoms with Crippen molar-refractivity contribution in [3.8, 4) is 0 Å². The number of carbonyl (C=O) groups is 1. The fourth-order valence-corrected chi connectivity index (χ4v) is 4.28. The van der Waals surface area contributed by atoms with Crippen molar-refractivity contribution in [2.45, 2.75) is 48.8 Å². The molecule has 0 bridgehead atoms. The smallest absolute Gasteiger partial charge is 0.227 e. The topological polar surface area (TPSA) is 45.2 Å². The molecular weight excluding hydrogens is 294 g/mol. The molecule has 2 fully saturated rings. The van der Waals surface area contributed by atoms with E-state index >= 15 is 0 Å². The number of thioether (sulfide) groups is 1. The van der Waals surface area contributed by atoms with Gasteiger partial charge in [0.15, 0.2) is 0 Å². The van der Waals surface area contributed by atoms with Crippen molar-refractivity contribution >= 4 is 23.4 Å². The zero-order chi connectivity index (χ0) is 15.4. The normalized spacial score (nSPS) is 21.1. The summed E-state index contributed by atoms with van der Waals surface area (Å²) in [5, 5.41) is 4.74. The van der Waals surface area contributed by atoms with Crippen LogP contribution in [-0.4, -0.2) is 41.2 Å². The Kier molecular flexibility index (Phi) is 5.37. The first-order valence-corrected chi connectivity index (χ1v) is 9.21. The van der Waals surface area contributed by atoms with Crippen molar-refractivity contribution < 1.29 is 4.79 Å². The molecule has 1 N–H and O–H groups in total. The predicted octanol–water partition coefficient (Wildman–Crippen LogP) is 3.40. The molecule has 2 heterocycles. The lowest BCUT2D eigenvalue weighted by Gasteiger charge is -2.28. The highest BCUT2D eigenvalue weighted by Crippen LogP contribution is 2.30. The van der Waals surface area contributed by atoms with E-state index in [9.17, 15) is 4.79 Å². The molecule has 0 aromatic carbocycles. The fraction of sp³-hybridized carbons (Fsp3) is 0.647. The minimum Gasteiger partial charge on any atom is -0.324 e. The molecule has 22 heavy (non-hydrogen) atoms. The lowest BCUT2D eigenvalue weighted by molar-refractivity contribution is -0.119. The second kappa shape index (κ2) is 7.47. The Morgan fingerprint density at radius 1 is 1.23 bits per heavy atom. The second-order valence-corrected chi connectivity index (χ2v) is 7.80. The van der Waals surface area contributed by atoms with Crippen LogP contribution in [0.4, 0.5) is 5.69 Å². The quantitative estimate of drug-likeness (QED) is 0.924. The number of pyridine rings is 1. The van der Waals surface area contributed by atoms with Gasteiger partial charge in [0.1, 0.15) is 0 Å². The maximum atomic E-state index is 12.1. The number of anilines is 1. The number of amides is 1. The maximum absolute atomic E-state index is 12.1. The number of nitrogens with zero attached hydrogens (tertiary/aromatic N) is 2. The van der Waals surface area contributed by atoms with Crippen LogP contribution in [0.5, 0.6) is 0 Å². The van der Waals surface area contributed by atoms with Crippen LogP contribution in [0.3, 0.4) is 0 Å². The Bertz CT molecular complexity index is 491. The Hall–Kier alpha value is -1.07. The van der Waals surface area contributed by atoms with Crippen LogP contribution < -0.4 is 5.32 Å². The highest BCUT2D eigenvalue weighted by Gasteiger charge is 2.22. The first-order valence-electron chi connectivity index (χ1n) is 8.33. The Morgan fingerprint density at radius 3 is 2.59 bits per heavy atom. The summed E-state index contributed by atoms with van der Waals surface area (Å²) in [5.74, 6) is 0.364. The number of rotatable bonds is 4. The van der Waals surface area contributed by atoms with E-state index in [0.29, 0.717) is 5.25 Å². The van der Waals surface area contributed by atoms with Crippen LogP contribution in [0, 0.1) is 5.92 Å². The van der Waals surface area contributed by atoms with E-state index in [1.165, 1.54) is 38.8 Å². The number of piperidine rings is 1. The highest BCUT2D eigenvalue weighted by atomic mass is 32.2. The molecule has 0 radical (unpaired) electrons. The maximum Gasteiger partial charge on any atom is 0.227 e. The first-order chi connectivity index (χ1) is 10.7. The third kappa shape index (κ3) is 4.23. The molecule has 0 spiro atoms. The Balaban J connectivity index is 1.50. The Morgan fingerprint density at radius 2 is 1.95 bits per heavy atom. The van der Waals surface area contributed by atoms with Gasteiger partial charge in [0.05, 0.1) is 16.9 Å². The van der Waals surface area contributed by atoms with E-state index < -0.39 is 0 Å². The summed E-state index contributed by atoms with van der Waals surface area (Å²) >= 11 is 1.87. The lowest BCUT2D eigenvalue weighted by Crippen LogP contribution is -2.31. The average molecular weight is 319 g/mol. The SMILES string of the molecule is CN1CCC(Sc2ccc(NC(=O)C3CCCC3)cn2)CC1. The van der Waals surface area contributed by atoms with Gasteiger partial charge in [0, 0.05) is 11.2 Å². The van der Waals surface area contributed by atoms with E-state index in [0.717, 1.165) is 23.6 Å². The van der Waals surface area contributed by atoms with Crippen LogP contribution in [0.25, 0.3) is 0 Å². The summed E-state index contributed by atoms with van der Waals surface area (Å²) in [6, 6.07) is 4.02. The number of hydrogen-bond donors (Lipinski definition) is 1. The molecular formula is C17H25N3OS. The van der Waals surface area contributed by atoms with Gasteiger partial charge in [0.2, 0.25) is 5.91 Å². The van der Waals surface area contributed by atoms with Gasteiger partial charge in [-0.2, -0.15) is 0 Å². The molecule has 2 aliphatic rings. The van der Waals surface area contributed by atoms with Gasteiger partial charge < -0.3 is 10.2 Å². The molecule has 1 amide bonds.